The van der Waals surface area contributed by atoms with Gasteiger partial charge in [0.25, 0.3) is 0 Å². The van der Waals surface area contributed by atoms with Crippen molar-refractivity contribution in [2.75, 3.05) is 6.73 Å². The van der Waals surface area contributed by atoms with Gasteiger partial charge in [0, 0.05) is 34.9 Å². The van der Waals surface area contributed by atoms with Gasteiger partial charge in [-0.25, -0.2) is 0 Å². The number of allylic oxidation sites excluding steroid dienone is 1. The molecule has 150 valence electrons. The standard InChI is InChI=1S/C23H16Cl2N2O3/c24-18-5-3-6-19(25)16(18)10-21-22(28)15-7-8-20-17(23(15)30-21)12-27(13-29-20)11-14-4-1-2-9-26-14/h1-10H,11-13H2/b21-10-. The summed E-state index contributed by atoms with van der Waals surface area (Å²) in [5.74, 6) is 1.23. The summed E-state index contributed by atoms with van der Waals surface area (Å²) in [4.78, 5) is 19.4. The first-order chi connectivity index (χ1) is 14.6. The Bertz CT molecular complexity index is 1160. The molecule has 0 fully saturated rings. The summed E-state index contributed by atoms with van der Waals surface area (Å²) in [6.07, 6.45) is 3.36. The number of halogens is 2. The Morgan fingerprint density at radius 3 is 2.67 bits per heavy atom. The van der Waals surface area contributed by atoms with E-state index >= 15 is 0 Å². The maximum absolute atomic E-state index is 12.9. The minimum atomic E-state index is -0.203. The Balaban J connectivity index is 1.46. The molecule has 3 aromatic rings. The monoisotopic (exact) mass is 438 g/mol. The van der Waals surface area contributed by atoms with Gasteiger partial charge in [-0.15, -0.1) is 0 Å². The van der Waals surface area contributed by atoms with E-state index in [1.54, 1.807) is 36.5 Å². The van der Waals surface area contributed by atoms with Crippen molar-refractivity contribution in [3.8, 4) is 11.5 Å². The van der Waals surface area contributed by atoms with Gasteiger partial charge < -0.3 is 9.47 Å². The molecule has 2 aromatic carbocycles. The van der Waals surface area contributed by atoms with Crippen LogP contribution in [0.1, 0.15) is 27.2 Å². The maximum Gasteiger partial charge on any atom is 0.231 e. The summed E-state index contributed by atoms with van der Waals surface area (Å²) in [6.45, 7) is 1.66. The molecule has 7 heteroatoms. The molecular weight excluding hydrogens is 423 g/mol. The summed E-state index contributed by atoms with van der Waals surface area (Å²) < 4.78 is 11.9. The van der Waals surface area contributed by atoms with Crippen molar-refractivity contribution >= 4 is 35.1 Å². The summed E-state index contributed by atoms with van der Waals surface area (Å²) in [6, 6.07) is 14.6. The van der Waals surface area contributed by atoms with Gasteiger partial charge >= 0.3 is 0 Å². The number of ether oxygens (including phenoxy) is 2. The minimum Gasteiger partial charge on any atom is -0.478 e. The number of carbonyl (C=O) groups excluding carboxylic acids is 1. The number of nitrogens with zero attached hydrogens (tertiary/aromatic N) is 2. The van der Waals surface area contributed by atoms with E-state index in [0.717, 1.165) is 17.0 Å². The van der Waals surface area contributed by atoms with E-state index < -0.39 is 0 Å². The van der Waals surface area contributed by atoms with E-state index in [2.05, 4.69) is 9.88 Å². The number of benzene rings is 2. The molecule has 0 N–H and O–H groups in total. The van der Waals surface area contributed by atoms with Crippen LogP contribution in [-0.4, -0.2) is 22.4 Å². The average Bonchev–Trinajstić information content (AvgIpc) is 3.07. The van der Waals surface area contributed by atoms with Gasteiger partial charge in [0.1, 0.15) is 18.2 Å². The maximum atomic E-state index is 12.9. The number of carbonyl (C=O) groups is 1. The highest BCUT2D eigenvalue weighted by molar-refractivity contribution is 6.37. The lowest BCUT2D eigenvalue weighted by Crippen LogP contribution is -2.32. The first kappa shape index (κ1) is 19.1. The Hall–Kier alpha value is -2.86. The Morgan fingerprint density at radius 2 is 1.90 bits per heavy atom. The zero-order chi connectivity index (χ0) is 20.7. The van der Waals surface area contributed by atoms with Crippen LogP contribution in [0.4, 0.5) is 0 Å². The lowest BCUT2D eigenvalue weighted by Gasteiger charge is -2.29. The summed E-state index contributed by atoms with van der Waals surface area (Å²) in [5, 5.41) is 0.906. The van der Waals surface area contributed by atoms with Crippen LogP contribution in [0.5, 0.6) is 11.5 Å². The number of fused-ring (bicyclic) bond motifs is 3. The lowest BCUT2D eigenvalue weighted by atomic mass is 10.0. The van der Waals surface area contributed by atoms with Crippen LogP contribution < -0.4 is 9.47 Å². The van der Waals surface area contributed by atoms with E-state index in [-0.39, 0.29) is 11.5 Å². The van der Waals surface area contributed by atoms with Crippen LogP contribution in [0.25, 0.3) is 6.08 Å². The van der Waals surface area contributed by atoms with Crippen molar-refractivity contribution in [1.82, 2.24) is 9.88 Å². The van der Waals surface area contributed by atoms with Crippen LogP contribution in [-0.2, 0) is 13.1 Å². The molecule has 0 saturated carbocycles. The first-order valence-electron chi connectivity index (χ1n) is 9.39. The van der Waals surface area contributed by atoms with Crippen molar-refractivity contribution in [1.29, 1.82) is 0 Å². The second kappa shape index (κ2) is 7.76. The molecule has 1 aromatic heterocycles. The molecule has 2 aliphatic rings. The second-order valence-corrected chi connectivity index (χ2v) is 7.89. The number of rotatable bonds is 3. The molecule has 0 bridgehead atoms. The van der Waals surface area contributed by atoms with E-state index in [4.69, 9.17) is 32.7 Å². The normalized spacial score (nSPS) is 16.7. The van der Waals surface area contributed by atoms with E-state index in [9.17, 15) is 4.79 Å². The molecule has 30 heavy (non-hydrogen) atoms. The Labute approximate surface area is 183 Å². The van der Waals surface area contributed by atoms with Crippen LogP contribution >= 0.6 is 23.2 Å². The van der Waals surface area contributed by atoms with Gasteiger partial charge in [-0.2, -0.15) is 0 Å². The molecule has 0 spiro atoms. The molecular formula is C23H16Cl2N2O3. The van der Waals surface area contributed by atoms with Crippen molar-refractivity contribution in [2.45, 2.75) is 13.1 Å². The fraction of sp³-hybridized carbons (Fsp3) is 0.130. The number of hydrogen-bond acceptors (Lipinski definition) is 5. The number of Topliss-reactive ketones (excluding diaryl/α,β-unsaturated/α-hetero) is 1. The number of aromatic nitrogens is 1. The van der Waals surface area contributed by atoms with Gasteiger partial charge in [0.2, 0.25) is 5.78 Å². The molecule has 3 heterocycles. The number of pyridine rings is 1. The van der Waals surface area contributed by atoms with Gasteiger partial charge in [-0.05, 0) is 42.5 Å². The van der Waals surface area contributed by atoms with Crippen LogP contribution in [0.3, 0.4) is 0 Å². The van der Waals surface area contributed by atoms with Crippen LogP contribution in [0.15, 0.2) is 60.5 Å². The van der Waals surface area contributed by atoms with Crippen molar-refractivity contribution in [2.24, 2.45) is 0 Å². The Morgan fingerprint density at radius 1 is 1.07 bits per heavy atom. The summed E-state index contributed by atoms with van der Waals surface area (Å²) in [7, 11) is 0. The predicted octanol–water partition coefficient (Wildman–Crippen LogP) is 5.36. The number of ketones is 1. The molecule has 5 rings (SSSR count). The molecule has 0 radical (unpaired) electrons. The van der Waals surface area contributed by atoms with Gasteiger partial charge in [0.15, 0.2) is 5.76 Å². The van der Waals surface area contributed by atoms with Crippen molar-refractivity contribution in [3.05, 3.63) is 92.9 Å². The third kappa shape index (κ3) is 3.45. The molecule has 0 aliphatic carbocycles. The third-order valence-corrected chi connectivity index (χ3v) is 5.73. The molecule has 2 aliphatic heterocycles. The quantitative estimate of drug-likeness (QED) is 0.515. The highest BCUT2D eigenvalue weighted by Gasteiger charge is 2.34. The Kier molecular flexibility index (Phi) is 4.95. The topological polar surface area (TPSA) is 51.7 Å². The molecule has 0 saturated heterocycles. The average molecular weight is 439 g/mol. The van der Waals surface area contributed by atoms with Gasteiger partial charge in [-0.1, -0.05) is 35.3 Å². The largest absolute Gasteiger partial charge is 0.478 e. The van der Waals surface area contributed by atoms with E-state index in [1.165, 1.54) is 0 Å². The van der Waals surface area contributed by atoms with E-state index in [1.807, 2.05) is 24.3 Å². The van der Waals surface area contributed by atoms with Crippen molar-refractivity contribution in [3.63, 3.8) is 0 Å². The van der Waals surface area contributed by atoms with E-state index in [0.29, 0.717) is 46.7 Å². The highest BCUT2D eigenvalue weighted by atomic mass is 35.5. The molecule has 0 unspecified atom stereocenters. The zero-order valence-electron chi connectivity index (χ0n) is 15.8. The molecule has 5 nitrogen and oxygen atoms in total. The molecule has 0 amide bonds. The second-order valence-electron chi connectivity index (χ2n) is 7.08. The lowest BCUT2D eigenvalue weighted by molar-refractivity contribution is 0.0861. The predicted molar refractivity (Wildman–Crippen MR) is 115 cm³/mol. The highest BCUT2D eigenvalue weighted by Crippen LogP contribution is 2.42. The van der Waals surface area contributed by atoms with Gasteiger partial charge in [-0.3, -0.25) is 14.7 Å². The fourth-order valence-corrected chi connectivity index (χ4v) is 4.11. The SMILES string of the molecule is O=C1/C(=C/c2c(Cl)cccc2Cl)Oc2c1ccc1c2CN(Cc2ccccn2)CO1. The van der Waals surface area contributed by atoms with Crippen molar-refractivity contribution < 1.29 is 14.3 Å². The van der Waals surface area contributed by atoms with Crippen LogP contribution in [0.2, 0.25) is 10.0 Å². The smallest absolute Gasteiger partial charge is 0.231 e. The molecule has 0 atom stereocenters. The minimum absolute atomic E-state index is 0.190. The fourth-order valence-electron chi connectivity index (χ4n) is 3.61. The zero-order valence-corrected chi connectivity index (χ0v) is 17.3. The summed E-state index contributed by atoms with van der Waals surface area (Å²) in [5.41, 5.74) is 2.85. The summed E-state index contributed by atoms with van der Waals surface area (Å²) >= 11 is 12.5. The van der Waals surface area contributed by atoms with Gasteiger partial charge in [0.05, 0.1) is 16.8 Å². The first-order valence-corrected chi connectivity index (χ1v) is 10.1. The van der Waals surface area contributed by atoms with Crippen LogP contribution in [0, 0.1) is 0 Å². The number of hydrogen-bond donors (Lipinski definition) is 0. The third-order valence-electron chi connectivity index (χ3n) is 5.07.